The van der Waals surface area contributed by atoms with E-state index in [1.165, 1.54) is 0 Å². The van der Waals surface area contributed by atoms with Crippen LogP contribution in [-0.2, 0) is 4.74 Å². The Morgan fingerprint density at radius 3 is 2.31 bits per heavy atom. The van der Waals surface area contributed by atoms with E-state index in [0.717, 1.165) is 5.69 Å². The number of hydrogen-bond donors (Lipinski definition) is 1. The number of benzene rings is 1. The number of nitrogens with one attached hydrogen (secondary N) is 1. The van der Waals surface area contributed by atoms with Crippen LogP contribution in [0.15, 0.2) is 30.3 Å². The van der Waals surface area contributed by atoms with Crippen molar-refractivity contribution >= 4 is 5.69 Å². The molecule has 1 aromatic carbocycles. The third kappa shape index (κ3) is 3.05. The van der Waals surface area contributed by atoms with Gasteiger partial charge in [-0.2, -0.15) is 0 Å². The van der Waals surface area contributed by atoms with E-state index >= 15 is 0 Å². The molecule has 1 atom stereocenters. The number of nitrogens with zero attached hydrogens (tertiary/aromatic N) is 1. The van der Waals surface area contributed by atoms with E-state index in [1.807, 2.05) is 49.3 Å². The van der Waals surface area contributed by atoms with Gasteiger partial charge in [-0.3, -0.25) is 4.90 Å². The van der Waals surface area contributed by atoms with Crippen LogP contribution in [0.5, 0.6) is 0 Å². The van der Waals surface area contributed by atoms with Gasteiger partial charge in [0.15, 0.2) is 6.35 Å². The maximum atomic E-state index is 5.23. The Morgan fingerprint density at radius 2 is 1.85 bits per heavy atom. The standard InChI is InChI=1S/C10H16N2O/c1-12(2)10(13-3)11-9-7-5-4-6-8-9/h4-8,10-11H,1-3H3. The van der Waals surface area contributed by atoms with Gasteiger partial charge in [0.25, 0.3) is 0 Å². The zero-order valence-corrected chi connectivity index (χ0v) is 8.32. The summed E-state index contributed by atoms with van der Waals surface area (Å²) in [7, 11) is 5.61. The molecule has 0 saturated heterocycles. The van der Waals surface area contributed by atoms with Crippen molar-refractivity contribution in [2.45, 2.75) is 6.35 Å². The molecular formula is C10H16N2O. The second kappa shape index (κ2) is 4.84. The van der Waals surface area contributed by atoms with Gasteiger partial charge in [0, 0.05) is 12.8 Å². The van der Waals surface area contributed by atoms with Gasteiger partial charge in [0.2, 0.25) is 0 Å². The number of methoxy groups -OCH3 is 1. The molecule has 0 saturated carbocycles. The molecule has 1 unspecified atom stereocenters. The molecule has 0 heterocycles. The average Bonchev–Trinajstić information content (AvgIpc) is 2.15. The largest absolute Gasteiger partial charge is 0.348 e. The highest BCUT2D eigenvalue weighted by Crippen LogP contribution is 2.07. The molecule has 0 aliphatic rings. The zero-order chi connectivity index (χ0) is 9.68. The topological polar surface area (TPSA) is 24.5 Å². The summed E-state index contributed by atoms with van der Waals surface area (Å²) >= 11 is 0. The molecule has 1 rings (SSSR count). The average molecular weight is 180 g/mol. The third-order valence-electron chi connectivity index (χ3n) is 1.76. The Labute approximate surface area is 79.3 Å². The molecular weight excluding hydrogens is 164 g/mol. The van der Waals surface area contributed by atoms with Crippen molar-refractivity contribution < 1.29 is 4.74 Å². The van der Waals surface area contributed by atoms with E-state index < -0.39 is 0 Å². The number of rotatable bonds is 4. The minimum atomic E-state index is -0.0811. The number of para-hydroxylation sites is 1. The second-order valence-electron chi connectivity index (χ2n) is 3.06. The van der Waals surface area contributed by atoms with Crippen LogP contribution in [0.4, 0.5) is 5.69 Å². The van der Waals surface area contributed by atoms with Gasteiger partial charge in [0.05, 0.1) is 0 Å². The van der Waals surface area contributed by atoms with Gasteiger partial charge in [-0.05, 0) is 26.2 Å². The Kier molecular flexibility index (Phi) is 3.73. The fourth-order valence-corrected chi connectivity index (χ4v) is 1.08. The molecule has 0 aromatic heterocycles. The van der Waals surface area contributed by atoms with Crippen molar-refractivity contribution in [3.8, 4) is 0 Å². The van der Waals surface area contributed by atoms with E-state index in [4.69, 9.17) is 4.74 Å². The summed E-state index contributed by atoms with van der Waals surface area (Å²) < 4.78 is 5.23. The molecule has 0 aliphatic heterocycles. The van der Waals surface area contributed by atoms with Crippen LogP contribution in [0.2, 0.25) is 0 Å². The number of ether oxygens (including phenoxy) is 1. The second-order valence-corrected chi connectivity index (χ2v) is 3.06. The van der Waals surface area contributed by atoms with Crippen LogP contribution >= 0.6 is 0 Å². The van der Waals surface area contributed by atoms with Crippen LogP contribution in [0, 0.1) is 0 Å². The summed E-state index contributed by atoms with van der Waals surface area (Å²) in [6.45, 7) is 0. The Morgan fingerprint density at radius 1 is 1.23 bits per heavy atom. The van der Waals surface area contributed by atoms with Crippen molar-refractivity contribution in [1.29, 1.82) is 0 Å². The normalized spacial score (nSPS) is 12.9. The molecule has 0 fully saturated rings. The lowest BCUT2D eigenvalue weighted by Crippen LogP contribution is -2.36. The predicted molar refractivity (Wildman–Crippen MR) is 54.5 cm³/mol. The summed E-state index contributed by atoms with van der Waals surface area (Å²) in [6.07, 6.45) is -0.0811. The summed E-state index contributed by atoms with van der Waals surface area (Å²) in [6, 6.07) is 9.99. The van der Waals surface area contributed by atoms with E-state index in [-0.39, 0.29) is 6.35 Å². The van der Waals surface area contributed by atoms with E-state index in [1.54, 1.807) is 7.11 Å². The summed E-state index contributed by atoms with van der Waals surface area (Å²) in [4.78, 5) is 1.97. The molecule has 0 bridgehead atoms. The molecule has 0 amide bonds. The van der Waals surface area contributed by atoms with Crippen molar-refractivity contribution in [1.82, 2.24) is 4.90 Å². The Hall–Kier alpha value is -1.06. The smallest absolute Gasteiger partial charge is 0.185 e. The van der Waals surface area contributed by atoms with Crippen LogP contribution < -0.4 is 5.32 Å². The van der Waals surface area contributed by atoms with Crippen LogP contribution in [0.25, 0.3) is 0 Å². The first-order chi connectivity index (χ1) is 6.24. The van der Waals surface area contributed by atoms with Gasteiger partial charge < -0.3 is 10.1 Å². The minimum absolute atomic E-state index is 0.0811. The molecule has 1 N–H and O–H groups in total. The van der Waals surface area contributed by atoms with Gasteiger partial charge in [-0.15, -0.1) is 0 Å². The van der Waals surface area contributed by atoms with Gasteiger partial charge in [0.1, 0.15) is 0 Å². The summed E-state index contributed by atoms with van der Waals surface area (Å²) in [5.74, 6) is 0. The van der Waals surface area contributed by atoms with Crippen LogP contribution in [-0.4, -0.2) is 32.5 Å². The highest BCUT2D eigenvalue weighted by atomic mass is 16.5. The van der Waals surface area contributed by atoms with Gasteiger partial charge in [-0.25, -0.2) is 0 Å². The first kappa shape index (κ1) is 10.0. The first-order valence-electron chi connectivity index (χ1n) is 4.25. The molecule has 0 radical (unpaired) electrons. The zero-order valence-electron chi connectivity index (χ0n) is 8.32. The maximum absolute atomic E-state index is 5.23. The predicted octanol–water partition coefficient (Wildman–Crippen LogP) is 1.59. The summed E-state index contributed by atoms with van der Waals surface area (Å²) in [5, 5.41) is 3.23. The Bertz CT molecular complexity index is 236. The Balaban J connectivity index is 2.57. The molecule has 13 heavy (non-hydrogen) atoms. The van der Waals surface area contributed by atoms with Crippen LogP contribution in [0.1, 0.15) is 0 Å². The maximum Gasteiger partial charge on any atom is 0.185 e. The van der Waals surface area contributed by atoms with Crippen molar-refractivity contribution in [3.63, 3.8) is 0 Å². The fourth-order valence-electron chi connectivity index (χ4n) is 1.08. The number of hydrogen-bond acceptors (Lipinski definition) is 3. The van der Waals surface area contributed by atoms with E-state index in [2.05, 4.69) is 5.32 Å². The van der Waals surface area contributed by atoms with Crippen molar-refractivity contribution in [3.05, 3.63) is 30.3 Å². The molecule has 0 spiro atoms. The first-order valence-corrected chi connectivity index (χ1v) is 4.25. The molecule has 3 nitrogen and oxygen atoms in total. The lowest BCUT2D eigenvalue weighted by molar-refractivity contribution is 0.0189. The molecule has 0 aliphatic carbocycles. The quantitative estimate of drug-likeness (QED) is 0.712. The lowest BCUT2D eigenvalue weighted by Gasteiger charge is -2.24. The van der Waals surface area contributed by atoms with Crippen LogP contribution in [0.3, 0.4) is 0 Å². The minimum Gasteiger partial charge on any atom is -0.348 e. The van der Waals surface area contributed by atoms with Crippen molar-refractivity contribution in [2.24, 2.45) is 0 Å². The van der Waals surface area contributed by atoms with E-state index in [9.17, 15) is 0 Å². The fraction of sp³-hybridized carbons (Fsp3) is 0.400. The van der Waals surface area contributed by atoms with Gasteiger partial charge in [-0.1, -0.05) is 18.2 Å². The van der Waals surface area contributed by atoms with E-state index in [0.29, 0.717) is 0 Å². The summed E-state index contributed by atoms with van der Waals surface area (Å²) in [5.41, 5.74) is 1.06. The lowest BCUT2D eigenvalue weighted by atomic mass is 10.3. The van der Waals surface area contributed by atoms with Crippen molar-refractivity contribution in [2.75, 3.05) is 26.5 Å². The highest BCUT2D eigenvalue weighted by Gasteiger charge is 2.07. The SMILES string of the molecule is COC(Nc1ccccc1)N(C)C. The number of anilines is 1. The third-order valence-corrected chi connectivity index (χ3v) is 1.76. The monoisotopic (exact) mass is 180 g/mol. The molecule has 72 valence electrons. The molecule has 1 aromatic rings. The van der Waals surface area contributed by atoms with Gasteiger partial charge >= 0.3 is 0 Å². The highest BCUT2D eigenvalue weighted by molar-refractivity contribution is 5.42. The molecule has 3 heteroatoms.